The van der Waals surface area contributed by atoms with Gasteiger partial charge in [0, 0.05) is 22.5 Å². The average Bonchev–Trinajstić information content (AvgIpc) is 2.55. The Balaban J connectivity index is 2.66. The molecule has 0 radical (unpaired) electrons. The number of ketones is 1. The van der Waals surface area contributed by atoms with Crippen LogP contribution in [-0.4, -0.2) is 21.8 Å². The molecule has 1 aromatic heterocycles. The fourth-order valence-electron chi connectivity index (χ4n) is 1.42. The second kappa shape index (κ2) is 3.76. The quantitative estimate of drug-likeness (QED) is 0.630. The SMILES string of the molecule is O=C(CCl)c1cc2cc(O)[nH]c2cc1Cl. The van der Waals surface area contributed by atoms with E-state index in [1.807, 2.05) is 0 Å². The smallest absolute Gasteiger partial charge is 0.189 e. The van der Waals surface area contributed by atoms with Gasteiger partial charge in [-0.15, -0.1) is 11.6 Å². The van der Waals surface area contributed by atoms with E-state index in [0.29, 0.717) is 16.1 Å². The topological polar surface area (TPSA) is 53.1 Å². The summed E-state index contributed by atoms with van der Waals surface area (Å²) in [5.41, 5.74) is 1.06. The number of benzene rings is 1. The van der Waals surface area contributed by atoms with Crippen LogP contribution in [0.3, 0.4) is 0 Å². The molecule has 5 heteroatoms. The van der Waals surface area contributed by atoms with Gasteiger partial charge in [-0.1, -0.05) is 11.6 Å². The first-order chi connectivity index (χ1) is 7.11. The van der Waals surface area contributed by atoms with E-state index in [4.69, 9.17) is 23.2 Å². The van der Waals surface area contributed by atoms with Crippen molar-refractivity contribution in [3.63, 3.8) is 0 Å². The summed E-state index contributed by atoms with van der Waals surface area (Å²) in [6.45, 7) is 0. The average molecular weight is 244 g/mol. The summed E-state index contributed by atoms with van der Waals surface area (Å²) in [6, 6.07) is 4.73. The molecule has 0 spiro atoms. The third-order valence-corrected chi connectivity index (χ3v) is 2.67. The number of alkyl halides is 1. The van der Waals surface area contributed by atoms with Crippen molar-refractivity contribution in [1.82, 2.24) is 4.98 Å². The molecule has 0 unspecified atom stereocenters. The van der Waals surface area contributed by atoms with E-state index >= 15 is 0 Å². The molecule has 0 aliphatic carbocycles. The lowest BCUT2D eigenvalue weighted by Crippen LogP contribution is -2.00. The molecule has 0 saturated carbocycles. The van der Waals surface area contributed by atoms with Gasteiger partial charge in [0.25, 0.3) is 0 Å². The molecule has 2 N–H and O–H groups in total. The predicted molar refractivity (Wildman–Crippen MR) is 60.0 cm³/mol. The van der Waals surface area contributed by atoms with Crippen LogP contribution in [0, 0.1) is 0 Å². The fourth-order valence-corrected chi connectivity index (χ4v) is 1.84. The Labute approximate surface area is 95.6 Å². The van der Waals surface area contributed by atoms with Gasteiger partial charge in [-0.25, -0.2) is 0 Å². The van der Waals surface area contributed by atoms with Crippen LogP contribution in [0.1, 0.15) is 10.4 Å². The molecule has 0 aliphatic rings. The molecule has 1 aromatic carbocycles. The lowest BCUT2D eigenvalue weighted by atomic mass is 10.1. The van der Waals surface area contributed by atoms with Gasteiger partial charge in [-0.2, -0.15) is 0 Å². The highest BCUT2D eigenvalue weighted by Crippen LogP contribution is 2.26. The molecule has 1 heterocycles. The van der Waals surface area contributed by atoms with Gasteiger partial charge < -0.3 is 10.1 Å². The number of aromatic nitrogens is 1. The van der Waals surface area contributed by atoms with Gasteiger partial charge in [0.1, 0.15) is 0 Å². The second-order valence-corrected chi connectivity index (χ2v) is 3.81. The zero-order valence-corrected chi connectivity index (χ0v) is 9.06. The predicted octanol–water partition coefficient (Wildman–Crippen LogP) is 2.95. The van der Waals surface area contributed by atoms with Crippen LogP contribution in [0.25, 0.3) is 10.9 Å². The Morgan fingerprint density at radius 1 is 1.40 bits per heavy atom. The number of Topliss-reactive ketones (excluding diaryl/α,β-unsaturated/α-hetero) is 1. The highest BCUT2D eigenvalue weighted by atomic mass is 35.5. The minimum atomic E-state index is -0.232. The van der Waals surface area contributed by atoms with Gasteiger partial charge in [-0.05, 0) is 12.1 Å². The Morgan fingerprint density at radius 3 is 2.80 bits per heavy atom. The van der Waals surface area contributed by atoms with E-state index < -0.39 is 0 Å². The van der Waals surface area contributed by atoms with Crippen molar-refractivity contribution in [3.8, 4) is 5.88 Å². The van der Waals surface area contributed by atoms with Gasteiger partial charge in [0.15, 0.2) is 11.7 Å². The first-order valence-corrected chi connectivity index (χ1v) is 5.13. The van der Waals surface area contributed by atoms with Crippen molar-refractivity contribution in [2.75, 3.05) is 5.88 Å². The zero-order valence-electron chi connectivity index (χ0n) is 7.55. The van der Waals surface area contributed by atoms with Crippen LogP contribution >= 0.6 is 23.2 Å². The Bertz CT molecular complexity index is 533. The summed E-state index contributed by atoms with van der Waals surface area (Å²) < 4.78 is 0. The maximum atomic E-state index is 11.4. The van der Waals surface area contributed by atoms with Gasteiger partial charge in [0.05, 0.1) is 10.9 Å². The van der Waals surface area contributed by atoms with Gasteiger partial charge in [0.2, 0.25) is 0 Å². The zero-order chi connectivity index (χ0) is 11.0. The maximum Gasteiger partial charge on any atom is 0.189 e. The van der Waals surface area contributed by atoms with Crippen LogP contribution in [0.5, 0.6) is 5.88 Å². The van der Waals surface area contributed by atoms with Gasteiger partial charge >= 0.3 is 0 Å². The summed E-state index contributed by atoms with van der Waals surface area (Å²) in [5.74, 6) is -0.303. The molecule has 0 aliphatic heterocycles. The first kappa shape index (κ1) is 10.3. The number of H-pyrrole nitrogens is 1. The molecule has 0 amide bonds. The minimum absolute atomic E-state index is 0.0385. The summed E-state index contributed by atoms with van der Waals surface area (Å²) in [5, 5.41) is 10.3. The van der Waals surface area contributed by atoms with E-state index in [9.17, 15) is 9.90 Å². The van der Waals surface area contributed by atoms with Crippen LogP contribution < -0.4 is 0 Å². The molecule has 3 nitrogen and oxygen atoms in total. The highest BCUT2D eigenvalue weighted by molar-refractivity contribution is 6.38. The van der Waals surface area contributed by atoms with Crippen molar-refractivity contribution >= 4 is 39.9 Å². The molecule has 15 heavy (non-hydrogen) atoms. The molecule has 0 saturated heterocycles. The Morgan fingerprint density at radius 2 is 2.13 bits per heavy atom. The second-order valence-electron chi connectivity index (χ2n) is 3.13. The minimum Gasteiger partial charge on any atom is -0.495 e. The van der Waals surface area contributed by atoms with E-state index in [1.54, 1.807) is 12.1 Å². The number of carbonyl (C=O) groups is 1. The molecule has 0 bridgehead atoms. The van der Waals surface area contributed by atoms with E-state index in [0.717, 1.165) is 5.39 Å². The molecule has 78 valence electrons. The molecule has 0 fully saturated rings. The van der Waals surface area contributed by atoms with Crippen molar-refractivity contribution in [3.05, 3.63) is 28.8 Å². The van der Waals surface area contributed by atoms with E-state index in [1.165, 1.54) is 6.07 Å². The van der Waals surface area contributed by atoms with Crippen LogP contribution in [0.2, 0.25) is 5.02 Å². The fraction of sp³-hybridized carbons (Fsp3) is 0.100. The Kier molecular flexibility index (Phi) is 2.59. The van der Waals surface area contributed by atoms with Crippen LogP contribution in [0.4, 0.5) is 0 Å². The Hall–Kier alpha value is -1.19. The number of aromatic amines is 1. The monoisotopic (exact) mass is 243 g/mol. The summed E-state index contributed by atoms with van der Waals surface area (Å²) in [7, 11) is 0. The normalized spacial score (nSPS) is 10.8. The third kappa shape index (κ3) is 1.80. The number of rotatable bonds is 2. The van der Waals surface area contributed by atoms with Crippen molar-refractivity contribution in [2.24, 2.45) is 0 Å². The number of hydrogen-bond acceptors (Lipinski definition) is 2. The summed E-state index contributed by atoms with van der Waals surface area (Å²) in [4.78, 5) is 14.1. The maximum absolute atomic E-state index is 11.4. The van der Waals surface area contributed by atoms with Crippen molar-refractivity contribution in [1.29, 1.82) is 0 Å². The summed E-state index contributed by atoms with van der Waals surface area (Å²) >= 11 is 11.4. The van der Waals surface area contributed by atoms with Crippen molar-refractivity contribution < 1.29 is 9.90 Å². The lowest BCUT2D eigenvalue weighted by Gasteiger charge is -2.00. The summed E-state index contributed by atoms with van der Waals surface area (Å²) in [6.07, 6.45) is 0. The highest BCUT2D eigenvalue weighted by Gasteiger charge is 2.11. The number of halogens is 2. The van der Waals surface area contributed by atoms with E-state index in [2.05, 4.69) is 4.98 Å². The molecular weight excluding hydrogens is 237 g/mol. The number of fused-ring (bicyclic) bond motifs is 1. The third-order valence-electron chi connectivity index (χ3n) is 2.12. The number of nitrogens with one attached hydrogen (secondary N) is 1. The van der Waals surface area contributed by atoms with Crippen LogP contribution in [0.15, 0.2) is 18.2 Å². The number of carbonyl (C=O) groups excluding carboxylic acids is 1. The number of hydrogen-bond donors (Lipinski definition) is 2. The molecule has 0 atom stereocenters. The molecular formula is C10H7Cl2NO2. The van der Waals surface area contributed by atoms with E-state index in [-0.39, 0.29) is 17.5 Å². The molecule has 2 aromatic rings. The number of aromatic hydroxyl groups is 1. The lowest BCUT2D eigenvalue weighted by molar-refractivity contribution is 0.102. The molecule has 2 rings (SSSR count). The van der Waals surface area contributed by atoms with Crippen LogP contribution in [-0.2, 0) is 0 Å². The first-order valence-electron chi connectivity index (χ1n) is 4.22. The largest absolute Gasteiger partial charge is 0.495 e. The van der Waals surface area contributed by atoms with Crippen molar-refractivity contribution in [2.45, 2.75) is 0 Å². The standard InChI is InChI=1S/C10H7Cl2NO2/c11-4-9(14)6-1-5-2-10(15)13-8(5)3-7(6)12/h1-3,13,15H,4H2. The van der Waals surface area contributed by atoms with Gasteiger partial charge in [-0.3, -0.25) is 4.79 Å².